The van der Waals surface area contributed by atoms with Gasteiger partial charge in [-0.3, -0.25) is 0 Å². The van der Waals surface area contributed by atoms with Crippen LogP contribution in [0.3, 0.4) is 0 Å². The zero-order valence-electron chi connectivity index (χ0n) is 11.2. The fourth-order valence-electron chi connectivity index (χ4n) is 2.34. The highest BCUT2D eigenvalue weighted by Crippen LogP contribution is 2.27. The summed E-state index contributed by atoms with van der Waals surface area (Å²) in [5, 5.41) is 6.19. The van der Waals surface area contributed by atoms with E-state index in [4.69, 9.17) is 0 Å². The molecule has 0 amide bonds. The highest BCUT2D eigenvalue weighted by molar-refractivity contribution is 5.86. The van der Waals surface area contributed by atoms with E-state index < -0.39 is 0 Å². The van der Waals surface area contributed by atoms with Gasteiger partial charge in [-0.15, -0.1) is 0 Å². The molecule has 0 saturated carbocycles. The molecule has 0 saturated heterocycles. The standard InChI is InChI=1S/C17H21N/c1-4-12-18-17(13(2)3)16-11-7-9-14-8-5-6-10-15(14)16/h5-11,17-18H,2,4,12H2,1,3H3. The molecule has 18 heavy (non-hydrogen) atoms. The first-order valence-electron chi connectivity index (χ1n) is 6.60. The lowest BCUT2D eigenvalue weighted by atomic mass is 9.95. The monoisotopic (exact) mass is 239 g/mol. The van der Waals surface area contributed by atoms with Gasteiger partial charge >= 0.3 is 0 Å². The Morgan fingerprint density at radius 2 is 1.89 bits per heavy atom. The van der Waals surface area contributed by atoms with Gasteiger partial charge < -0.3 is 5.32 Å². The van der Waals surface area contributed by atoms with Crippen molar-refractivity contribution in [1.82, 2.24) is 5.32 Å². The Labute approximate surface area is 110 Å². The van der Waals surface area contributed by atoms with Crippen molar-refractivity contribution >= 4 is 10.8 Å². The quantitative estimate of drug-likeness (QED) is 0.760. The first-order valence-corrected chi connectivity index (χ1v) is 6.60. The lowest BCUT2D eigenvalue weighted by Gasteiger charge is -2.21. The van der Waals surface area contributed by atoms with Crippen molar-refractivity contribution in [3.05, 3.63) is 60.2 Å². The summed E-state index contributed by atoms with van der Waals surface area (Å²) < 4.78 is 0. The number of rotatable bonds is 5. The van der Waals surface area contributed by atoms with Crippen molar-refractivity contribution in [1.29, 1.82) is 0 Å². The number of fused-ring (bicyclic) bond motifs is 1. The van der Waals surface area contributed by atoms with Crippen LogP contribution in [0, 0.1) is 0 Å². The zero-order valence-corrected chi connectivity index (χ0v) is 11.2. The topological polar surface area (TPSA) is 12.0 Å². The van der Waals surface area contributed by atoms with Crippen LogP contribution < -0.4 is 5.32 Å². The second-order valence-electron chi connectivity index (χ2n) is 4.80. The molecule has 0 radical (unpaired) electrons. The number of hydrogen-bond acceptors (Lipinski definition) is 1. The lowest BCUT2D eigenvalue weighted by Crippen LogP contribution is -2.23. The van der Waals surface area contributed by atoms with Gasteiger partial charge in [-0.1, -0.05) is 61.5 Å². The molecule has 94 valence electrons. The molecule has 1 heteroatoms. The predicted molar refractivity (Wildman–Crippen MR) is 79.8 cm³/mol. The van der Waals surface area contributed by atoms with Crippen LogP contribution in [0.1, 0.15) is 31.9 Å². The minimum Gasteiger partial charge on any atom is -0.307 e. The van der Waals surface area contributed by atoms with Crippen LogP contribution in [0.5, 0.6) is 0 Å². The Kier molecular flexibility index (Phi) is 4.16. The van der Waals surface area contributed by atoms with Crippen molar-refractivity contribution < 1.29 is 0 Å². The summed E-state index contributed by atoms with van der Waals surface area (Å²) in [5.74, 6) is 0. The Hall–Kier alpha value is -1.60. The molecule has 0 fully saturated rings. The van der Waals surface area contributed by atoms with Crippen LogP contribution >= 0.6 is 0 Å². The Morgan fingerprint density at radius 3 is 2.61 bits per heavy atom. The van der Waals surface area contributed by atoms with Crippen LogP contribution in [0.2, 0.25) is 0 Å². The molecule has 1 N–H and O–H groups in total. The van der Waals surface area contributed by atoms with Gasteiger partial charge in [0.2, 0.25) is 0 Å². The SMILES string of the molecule is C=C(C)C(NCCC)c1cccc2ccccc12. The molecule has 0 heterocycles. The Balaban J connectivity index is 2.46. The molecule has 2 rings (SSSR count). The summed E-state index contributed by atoms with van der Waals surface area (Å²) in [6.07, 6.45) is 1.13. The molecule has 1 nitrogen and oxygen atoms in total. The van der Waals surface area contributed by atoms with Gasteiger partial charge in [0.05, 0.1) is 6.04 Å². The average Bonchev–Trinajstić information content (AvgIpc) is 2.39. The largest absolute Gasteiger partial charge is 0.307 e. The van der Waals surface area contributed by atoms with E-state index in [1.54, 1.807) is 0 Å². The van der Waals surface area contributed by atoms with Crippen molar-refractivity contribution in [2.45, 2.75) is 26.3 Å². The fraction of sp³-hybridized carbons (Fsp3) is 0.294. The summed E-state index contributed by atoms with van der Waals surface area (Å²) >= 11 is 0. The predicted octanol–water partition coefficient (Wildman–Crippen LogP) is 4.46. The average molecular weight is 239 g/mol. The van der Waals surface area contributed by atoms with Gasteiger partial charge in [-0.2, -0.15) is 0 Å². The van der Waals surface area contributed by atoms with Crippen LogP contribution in [-0.4, -0.2) is 6.54 Å². The second kappa shape index (κ2) is 5.83. The van der Waals surface area contributed by atoms with Crippen molar-refractivity contribution in [3.8, 4) is 0 Å². The van der Waals surface area contributed by atoms with E-state index in [2.05, 4.69) is 68.2 Å². The van der Waals surface area contributed by atoms with Gasteiger partial charge in [-0.25, -0.2) is 0 Å². The van der Waals surface area contributed by atoms with E-state index >= 15 is 0 Å². The molecule has 0 aliphatic rings. The zero-order chi connectivity index (χ0) is 13.0. The number of nitrogens with one attached hydrogen (secondary N) is 1. The lowest BCUT2D eigenvalue weighted by molar-refractivity contribution is 0.594. The van der Waals surface area contributed by atoms with Crippen LogP contribution in [0.4, 0.5) is 0 Å². The van der Waals surface area contributed by atoms with Crippen molar-refractivity contribution in [3.63, 3.8) is 0 Å². The van der Waals surface area contributed by atoms with E-state index in [0.29, 0.717) is 0 Å². The van der Waals surface area contributed by atoms with Gasteiger partial charge in [-0.05, 0) is 36.2 Å². The van der Waals surface area contributed by atoms with E-state index in [1.807, 2.05) is 0 Å². The molecule has 2 aromatic carbocycles. The third-order valence-corrected chi connectivity index (χ3v) is 3.23. The minimum absolute atomic E-state index is 0.246. The molecular weight excluding hydrogens is 218 g/mol. The third kappa shape index (κ3) is 2.62. The molecule has 0 spiro atoms. The van der Waals surface area contributed by atoms with Crippen LogP contribution in [0.15, 0.2) is 54.6 Å². The molecule has 0 aliphatic heterocycles. The summed E-state index contributed by atoms with van der Waals surface area (Å²) in [6, 6.07) is 15.3. The van der Waals surface area contributed by atoms with E-state index in [-0.39, 0.29) is 6.04 Å². The maximum Gasteiger partial charge on any atom is 0.0536 e. The normalized spacial score (nSPS) is 12.6. The van der Waals surface area contributed by atoms with Crippen LogP contribution in [-0.2, 0) is 0 Å². The summed E-state index contributed by atoms with van der Waals surface area (Å²) in [6.45, 7) is 9.42. The van der Waals surface area contributed by atoms with Gasteiger partial charge in [0, 0.05) is 0 Å². The molecule has 2 aromatic rings. The second-order valence-corrected chi connectivity index (χ2v) is 4.80. The van der Waals surface area contributed by atoms with Gasteiger partial charge in [0.25, 0.3) is 0 Å². The molecule has 0 aromatic heterocycles. The van der Waals surface area contributed by atoms with E-state index in [1.165, 1.54) is 21.9 Å². The first kappa shape index (κ1) is 12.8. The molecular formula is C17H21N. The molecule has 0 bridgehead atoms. The number of benzene rings is 2. The number of hydrogen-bond donors (Lipinski definition) is 1. The third-order valence-electron chi connectivity index (χ3n) is 3.23. The Morgan fingerprint density at radius 1 is 1.17 bits per heavy atom. The maximum absolute atomic E-state index is 4.13. The fourth-order valence-corrected chi connectivity index (χ4v) is 2.34. The smallest absolute Gasteiger partial charge is 0.0536 e. The Bertz CT molecular complexity index is 537. The molecule has 1 atom stereocenters. The molecule has 1 unspecified atom stereocenters. The first-order chi connectivity index (χ1) is 8.74. The summed E-state index contributed by atoms with van der Waals surface area (Å²) in [4.78, 5) is 0. The summed E-state index contributed by atoms with van der Waals surface area (Å²) in [7, 11) is 0. The van der Waals surface area contributed by atoms with Gasteiger partial charge in [0.1, 0.15) is 0 Å². The van der Waals surface area contributed by atoms with E-state index in [0.717, 1.165) is 13.0 Å². The maximum atomic E-state index is 4.13. The van der Waals surface area contributed by atoms with Crippen LogP contribution in [0.25, 0.3) is 10.8 Å². The summed E-state index contributed by atoms with van der Waals surface area (Å²) in [5.41, 5.74) is 2.49. The minimum atomic E-state index is 0.246. The highest BCUT2D eigenvalue weighted by atomic mass is 14.9. The van der Waals surface area contributed by atoms with Crippen molar-refractivity contribution in [2.24, 2.45) is 0 Å². The highest BCUT2D eigenvalue weighted by Gasteiger charge is 2.13. The van der Waals surface area contributed by atoms with Crippen molar-refractivity contribution in [2.75, 3.05) is 6.54 Å². The van der Waals surface area contributed by atoms with E-state index in [9.17, 15) is 0 Å². The molecule has 0 aliphatic carbocycles. The van der Waals surface area contributed by atoms with Gasteiger partial charge in [0.15, 0.2) is 0 Å².